The third kappa shape index (κ3) is 5.79. The van der Waals surface area contributed by atoms with Gasteiger partial charge in [0.1, 0.15) is 0 Å². The minimum absolute atomic E-state index is 0.424. The van der Waals surface area contributed by atoms with E-state index in [0.29, 0.717) is 5.92 Å². The standard InChI is InChI=1S/C26H31N/c1-3-4-6-14-24-18-19-26(23-15-7-5-8-16-23)27-25(24)17-10-13-22-12-9-11-21(2)20-22/h3,5,7-9,11-12,15,18-20,23H,1,4,6,10,13-14,16-17H2,2H3. The highest BCUT2D eigenvalue weighted by atomic mass is 14.7. The molecule has 1 nitrogen and oxygen atoms in total. The molecule has 1 aromatic carbocycles. The number of hydrogen-bond acceptors (Lipinski definition) is 1. The number of rotatable bonds is 9. The van der Waals surface area contributed by atoms with Gasteiger partial charge in [0.2, 0.25) is 0 Å². The third-order valence-electron chi connectivity index (χ3n) is 5.27. The van der Waals surface area contributed by atoms with Crippen LogP contribution in [0.5, 0.6) is 0 Å². The van der Waals surface area contributed by atoms with Crippen molar-refractivity contribution in [2.45, 2.75) is 57.8 Å². The summed E-state index contributed by atoms with van der Waals surface area (Å²) in [5.74, 6) is 0.424. The number of unbranched alkanes of at least 4 members (excludes halogenated alkanes) is 1. The lowest BCUT2D eigenvalue weighted by Gasteiger charge is -2.16. The Kier molecular flexibility index (Phi) is 7.21. The summed E-state index contributed by atoms with van der Waals surface area (Å²) in [4.78, 5) is 5.11. The zero-order valence-electron chi connectivity index (χ0n) is 16.5. The molecule has 3 rings (SSSR count). The van der Waals surface area contributed by atoms with Crippen LogP contribution in [0.4, 0.5) is 0 Å². The molecule has 140 valence electrons. The monoisotopic (exact) mass is 357 g/mol. The van der Waals surface area contributed by atoms with Gasteiger partial charge in [-0.25, -0.2) is 0 Å². The summed E-state index contributed by atoms with van der Waals surface area (Å²) in [5.41, 5.74) is 6.70. The second kappa shape index (κ2) is 10.1. The van der Waals surface area contributed by atoms with Crippen LogP contribution in [-0.2, 0) is 19.3 Å². The Balaban J connectivity index is 1.71. The molecular weight excluding hydrogens is 326 g/mol. The van der Waals surface area contributed by atoms with Crippen molar-refractivity contribution >= 4 is 0 Å². The molecule has 1 heterocycles. The van der Waals surface area contributed by atoms with E-state index < -0.39 is 0 Å². The lowest BCUT2D eigenvalue weighted by atomic mass is 9.94. The van der Waals surface area contributed by atoms with Gasteiger partial charge in [0.15, 0.2) is 0 Å². The quantitative estimate of drug-likeness (QED) is 0.360. The lowest BCUT2D eigenvalue weighted by molar-refractivity contribution is 0.738. The van der Waals surface area contributed by atoms with Crippen LogP contribution in [0.1, 0.15) is 59.7 Å². The molecule has 0 saturated carbocycles. The van der Waals surface area contributed by atoms with Crippen LogP contribution in [0.2, 0.25) is 0 Å². The van der Waals surface area contributed by atoms with E-state index in [-0.39, 0.29) is 0 Å². The van der Waals surface area contributed by atoms with Crippen molar-refractivity contribution < 1.29 is 0 Å². The number of pyridine rings is 1. The van der Waals surface area contributed by atoms with Crippen molar-refractivity contribution in [2.24, 2.45) is 0 Å². The van der Waals surface area contributed by atoms with Crippen molar-refractivity contribution in [2.75, 3.05) is 0 Å². The number of benzene rings is 1. The van der Waals surface area contributed by atoms with Crippen LogP contribution in [0.25, 0.3) is 0 Å². The molecule has 1 unspecified atom stereocenters. The van der Waals surface area contributed by atoms with Crippen molar-refractivity contribution in [1.29, 1.82) is 0 Å². The molecule has 1 atom stereocenters. The zero-order chi connectivity index (χ0) is 18.9. The SMILES string of the molecule is C=CCCCc1ccc(C2C=CC=CC2)nc1CCCc1cccc(C)c1. The average Bonchev–Trinajstić information content (AvgIpc) is 2.70. The number of aryl methyl sites for hydroxylation is 4. The van der Waals surface area contributed by atoms with E-state index in [2.05, 4.69) is 74.2 Å². The topological polar surface area (TPSA) is 12.9 Å². The van der Waals surface area contributed by atoms with Gasteiger partial charge in [-0.15, -0.1) is 6.58 Å². The normalized spacial score (nSPS) is 15.8. The second-order valence-corrected chi connectivity index (χ2v) is 7.52. The molecule has 0 radical (unpaired) electrons. The van der Waals surface area contributed by atoms with E-state index in [4.69, 9.17) is 4.98 Å². The first-order valence-electron chi connectivity index (χ1n) is 10.2. The molecule has 1 heteroatoms. The van der Waals surface area contributed by atoms with Gasteiger partial charge in [0, 0.05) is 17.3 Å². The van der Waals surface area contributed by atoms with Crippen molar-refractivity contribution in [3.8, 4) is 0 Å². The van der Waals surface area contributed by atoms with E-state index in [1.807, 2.05) is 6.08 Å². The Bertz CT molecular complexity index is 813. The first-order chi connectivity index (χ1) is 13.3. The Morgan fingerprint density at radius 1 is 1.07 bits per heavy atom. The zero-order valence-corrected chi connectivity index (χ0v) is 16.5. The van der Waals surface area contributed by atoms with E-state index in [1.165, 1.54) is 28.1 Å². The molecule has 1 aliphatic rings. The molecule has 0 bridgehead atoms. The summed E-state index contributed by atoms with van der Waals surface area (Å²) in [6, 6.07) is 13.4. The number of allylic oxidation sites excluding steroid dienone is 5. The summed E-state index contributed by atoms with van der Waals surface area (Å²) in [5, 5.41) is 0. The van der Waals surface area contributed by atoms with Crippen LogP contribution in [0, 0.1) is 6.92 Å². The van der Waals surface area contributed by atoms with E-state index in [0.717, 1.165) is 44.9 Å². The summed E-state index contributed by atoms with van der Waals surface area (Å²) in [6.07, 6.45) is 18.5. The molecule has 0 spiro atoms. The first kappa shape index (κ1) is 19.4. The molecule has 27 heavy (non-hydrogen) atoms. The summed E-state index contributed by atoms with van der Waals surface area (Å²) < 4.78 is 0. The number of aromatic nitrogens is 1. The van der Waals surface area contributed by atoms with Crippen LogP contribution >= 0.6 is 0 Å². The predicted molar refractivity (Wildman–Crippen MR) is 116 cm³/mol. The lowest BCUT2D eigenvalue weighted by Crippen LogP contribution is -2.06. The van der Waals surface area contributed by atoms with Gasteiger partial charge in [-0.3, -0.25) is 4.98 Å². The smallest absolute Gasteiger partial charge is 0.0478 e. The van der Waals surface area contributed by atoms with Gasteiger partial charge >= 0.3 is 0 Å². The van der Waals surface area contributed by atoms with E-state index in [1.54, 1.807) is 0 Å². The van der Waals surface area contributed by atoms with Gasteiger partial charge in [0.05, 0.1) is 0 Å². The minimum atomic E-state index is 0.424. The van der Waals surface area contributed by atoms with Gasteiger partial charge in [-0.2, -0.15) is 0 Å². The Hall–Kier alpha value is -2.41. The fraction of sp³-hybridized carbons (Fsp3) is 0.346. The van der Waals surface area contributed by atoms with Crippen molar-refractivity contribution in [3.05, 3.63) is 101 Å². The molecule has 0 fully saturated rings. The maximum Gasteiger partial charge on any atom is 0.0478 e. The summed E-state index contributed by atoms with van der Waals surface area (Å²) >= 11 is 0. The predicted octanol–water partition coefficient (Wildman–Crippen LogP) is 6.67. The molecule has 0 saturated heterocycles. The van der Waals surface area contributed by atoms with Crippen molar-refractivity contribution in [3.63, 3.8) is 0 Å². The van der Waals surface area contributed by atoms with Gasteiger partial charge in [0.25, 0.3) is 0 Å². The minimum Gasteiger partial charge on any atom is -0.257 e. The molecule has 0 amide bonds. The first-order valence-corrected chi connectivity index (χ1v) is 10.2. The summed E-state index contributed by atoms with van der Waals surface area (Å²) in [6.45, 7) is 6.02. The second-order valence-electron chi connectivity index (χ2n) is 7.52. The molecule has 1 aromatic heterocycles. The Labute approximate surface area is 164 Å². The molecule has 0 N–H and O–H groups in total. The number of nitrogens with zero attached hydrogens (tertiary/aromatic N) is 1. The number of hydrogen-bond donors (Lipinski definition) is 0. The highest BCUT2D eigenvalue weighted by molar-refractivity contribution is 5.30. The highest BCUT2D eigenvalue weighted by Gasteiger charge is 2.13. The Morgan fingerprint density at radius 3 is 2.78 bits per heavy atom. The van der Waals surface area contributed by atoms with Gasteiger partial charge in [-0.1, -0.05) is 66.3 Å². The van der Waals surface area contributed by atoms with Crippen molar-refractivity contribution in [1.82, 2.24) is 4.98 Å². The largest absolute Gasteiger partial charge is 0.257 e. The van der Waals surface area contributed by atoms with E-state index in [9.17, 15) is 0 Å². The van der Waals surface area contributed by atoms with Crippen LogP contribution in [0.15, 0.2) is 73.4 Å². The van der Waals surface area contributed by atoms with E-state index >= 15 is 0 Å². The van der Waals surface area contributed by atoms with Gasteiger partial charge < -0.3 is 0 Å². The molecule has 1 aliphatic carbocycles. The fourth-order valence-electron chi connectivity index (χ4n) is 3.76. The third-order valence-corrected chi connectivity index (χ3v) is 5.27. The average molecular weight is 358 g/mol. The molecule has 0 aliphatic heterocycles. The Morgan fingerprint density at radius 2 is 2.00 bits per heavy atom. The van der Waals surface area contributed by atoms with Gasteiger partial charge in [-0.05, 0) is 69.1 Å². The molecule has 2 aromatic rings. The van der Waals surface area contributed by atoms with Crippen LogP contribution in [0.3, 0.4) is 0 Å². The highest BCUT2D eigenvalue weighted by Crippen LogP contribution is 2.25. The fourth-order valence-corrected chi connectivity index (χ4v) is 3.76. The molecular formula is C26H31N. The van der Waals surface area contributed by atoms with Crippen LogP contribution in [-0.4, -0.2) is 4.98 Å². The summed E-state index contributed by atoms with van der Waals surface area (Å²) in [7, 11) is 0. The maximum absolute atomic E-state index is 5.11. The van der Waals surface area contributed by atoms with Crippen LogP contribution < -0.4 is 0 Å². The maximum atomic E-state index is 5.11.